The zero-order valence-electron chi connectivity index (χ0n) is 10.4. The van der Waals surface area contributed by atoms with Gasteiger partial charge in [0.1, 0.15) is 5.75 Å². The Kier molecular flexibility index (Phi) is 3.33. The lowest BCUT2D eigenvalue weighted by Crippen LogP contribution is -2.13. The second kappa shape index (κ2) is 4.92. The number of para-hydroxylation sites is 1. The molecule has 0 bridgehead atoms. The highest BCUT2D eigenvalue weighted by Crippen LogP contribution is 2.34. The Morgan fingerprint density at radius 3 is 2.50 bits per heavy atom. The molecule has 2 rings (SSSR count). The molecule has 2 aromatic rings. The Hall–Kier alpha value is -2.29. The van der Waals surface area contributed by atoms with Gasteiger partial charge >= 0.3 is 0 Å². The Bertz CT molecular complexity index is 591. The van der Waals surface area contributed by atoms with Crippen LogP contribution in [0.4, 0.5) is 0 Å². The van der Waals surface area contributed by atoms with Crippen molar-refractivity contribution >= 4 is 5.91 Å². The fourth-order valence-electron chi connectivity index (χ4n) is 2.08. The predicted octanol–water partition coefficient (Wildman–Crippen LogP) is 2.77. The number of nitrogens with two attached hydrogens (primary N) is 1. The Labute approximate surface area is 106 Å². The summed E-state index contributed by atoms with van der Waals surface area (Å²) in [5.74, 6) is 0.300. The Balaban J connectivity index is 2.74. The van der Waals surface area contributed by atoms with Gasteiger partial charge in [0.15, 0.2) is 0 Å². The van der Waals surface area contributed by atoms with Gasteiger partial charge in [0.2, 0.25) is 5.91 Å². The third-order valence-electron chi connectivity index (χ3n) is 2.91. The molecule has 0 saturated heterocycles. The van der Waals surface area contributed by atoms with Crippen LogP contribution in [0.25, 0.3) is 11.1 Å². The van der Waals surface area contributed by atoms with Gasteiger partial charge in [-0.05, 0) is 24.6 Å². The second-order valence-corrected chi connectivity index (χ2v) is 4.06. The zero-order valence-corrected chi connectivity index (χ0v) is 10.4. The highest BCUT2D eigenvalue weighted by atomic mass is 16.5. The van der Waals surface area contributed by atoms with Gasteiger partial charge in [-0.15, -0.1) is 0 Å². The van der Waals surface area contributed by atoms with Crippen LogP contribution in [0.1, 0.15) is 15.9 Å². The van der Waals surface area contributed by atoms with Crippen LogP contribution >= 0.6 is 0 Å². The van der Waals surface area contributed by atoms with E-state index in [1.54, 1.807) is 13.2 Å². The average molecular weight is 241 g/mol. The van der Waals surface area contributed by atoms with E-state index < -0.39 is 5.91 Å². The van der Waals surface area contributed by atoms with Crippen molar-refractivity contribution in [2.24, 2.45) is 5.73 Å². The number of carbonyl (C=O) groups is 1. The van der Waals surface area contributed by atoms with Crippen LogP contribution in [-0.4, -0.2) is 13.0 Å². The summed E-state index contributed by atoms with van der Waals surface area (Å²) in [5, 5.41) is 0. The number of carbonyl (C=O) groups excluding carboxylic acids is 1. The summed E-state index contributed by atoms with van der Waals surface area (Å²) in [5.41, 5.74) is 8.66. The molecule has 0 heterocycles. The number of hydrogen-bond donors (Lipinski definition) is 1. The summed E-state index contributed by atoms with van der Waals surface area (Å²) in [6.07, 6.45) is 0. The largest absolute Gasteiger partial charge is 0.496 e. The van der Waals surface area contributed by atoms with E-state index in [-0.39, 0.29) is 0 Å². The van der Waals surface area contributed by atoms with Gasteiger partial charge in [-0.1, -0.05) is 30.3 Å². The number of primary amides is 1. The van der Waals surface area contributed by atoms with Crippen molar-refractivity contribution in [1.82, 2.24) is 0 Å². The molecule has 92 valence electrons. The van der Waals surface area contributed by atoms with E-state index in [2.05, 4.69) is 0 Å². The SMILES string of the molecule is COc1ccccc1-c1c(C)cccc1C(N)=O. The minimum absolute atomic E-state index is 0.431. The maximum atomic E-state index is 11.5. The number of methoxy groups -OCH3 is 1. The first-order valence-corrected chi connectivity index (χ1v) is 5.68. The third-order valence-corrected chi connectivity index (χ3v) is 2.91. The molecule has 0 spiro atoms. The van der Waals surface area contributed by atoms with Gasteiger partial charge in [-0.2, -0.15) is 0 Å². The summed E-state index contributed by atoms with van der Waals surface area (Å²) < 4.78 is 5.34. The van der Waals surface area contributed by atoms with Crippen molar-refractivity contribution in [2.45, 2.75) is 6.92 Å². The van der Waals surface area contributed by atoms with Gasteiger partial charge in [0.05, 0.1) is 7.11 Å². The molecule has 1 amide bonds. The van der Waals surface area contributed by atoms with Crippen molar-refractivity contribution < 1.29 is 9.53 Å². The van der Waals surface area contributed by atoms with Crippen molar-refractivity contribution in [3.8, 4) is 16.9 Å². The van der Waals surface area contributed by atoms with Crippen LogP contribution in [0.3, 0.4) is 0 Å². The number of amides is 1. The third kappa shape index (κ3) is 2.07. The first-order chi connectivity index (χ1) is 8.65. The quantitative estimate of drug-likeness (QED) is 0.898. The molecule has 0 aliphatic carbocycles. The molecule has 3 nitrogen and oxygen atoms in total. The van der Waals surface area contributed by atoms with Crippen molar-refractivity contribution in [3.05, 3.63) is 53.6 Å². The van der Waals surface area contributed by atoms with Crippen LogP contribution < -0.4 is 10.5 Å². The maximum Gasteiger partial charge on any atom is 0.249 e. The van der Waals surface area contributed by atoms with Gasteiger partial charge in [-0.3, -0.25) is 4.79 Å². The standard InChI is InChI=1S/C15H15NO2/c1-10-6-5-8-12(15(16)17)14(10)11-7-3-4-9-13(11)18-2/h3-9H,1-2H3,(H2,16,17). The van der Waals surface area contributed by atoms with E-state index in [0.717, 1.165) is 22.4 Å². The van der Waals surface area contributed by atoms with Gasteiger partial charge < -0.3 is 10.5 Å². The van der Waals surface area contributed by atoms with Crippen molar-refractivity contribution in [3.63, 3.8) is 0 Å². The normalized spacial score (nSPS) is 10.1. The summed E-state index contributed by atoms with van der Waals surface area (Å²) in [6.45, 7) is 1.95. The minimum Gasteiger partial charge on any atom is -0.496 e. The predicted molar refractivity (Wildman–Crippen MR) is 71.7 cm³/mol. The van der Waals surface area contributed by atoms with Crippen LogP contribution in [-0.2, 0) is 0 Å². The average Bonchev–Trinajstić information content (AvgIpc) is 2.38. The molecular weight excluding hydrogens is 226 g/mol. The van der Waals surface area contributed by atoms with E-state index in [0.29, 0.717) is 5.56 Å². The lowest BCUT2D eigenvalue weighted by Gasteiger charge is -2.13. The monoisotopic (exact) mass is 241 g/mol. The Morgan fingerprint density at radius 2 is 1.83 bits per heavy atom. The van der Waals surface area contributed by atoms with Crippen LogP contribution in [0.2, 0.25) is 0 Å². The van der Waals surface area contributed by atoms with Crippen molar-refractivity contribution in [1.29, 1.82) is 0 Å². The van der Waals surface area contributed by atoms with Crippen LogP contribution in [0.5, 0.6) is 5.75 Å². The molecule has 0 aromatic heterocycles. The fraction of sp³-hybridized carbons (Fsp3) is 0.133. The van der Waals surface area contributed by atoms with E-state index in [1.165, 1.54) is 0 Å². The molecule has 0 saturated carbocycles. The van der Waals surface area contributed by atoms with Gasteiger partial charge in [-0.25, -0.2) is 0 Å². The second-order valence-electron chi connectivity index (χ2n) is 4.06. The number of rotatable bonds is 3. The first kappa shape index (κ1) is 12.2. The fourth-order valence-corrected chi connectivity index (χ4v) is 2.08. The van der Waals surface area contributed by atoms with Gasteiger partial charge in [0, 0.05) is 16.7 Å². The number of hydrogen-bond acceptors (Lipinski definition) is 2. The van der Waals surface area contributed by atoms with E-state index in [1.807, 2.05) is 43.3 Å². The summed E-state index contributed by atoms with van der Waals surface area (Å²) in [4.78, 5) is 11.5. The van der Waals surface area contributed by atoms with E-state index in [9.17, 15) is 4.79 Å². The molecule has 0 radical (unpaired) electrons. The zero-order chi connectivity index (χ0) is 13.1. The first-order valence-electron chi connectivity index (χ1n) is 5.68. The molecular formula is C15H15NO2. The lowest BCUT2D eigenvalue weighted by molar-refractivity contribution is 0.100. The smallest absolute Gasteiger partial charge is 0.249 e. The molecule has 2 aromatic carbocycles. The Morgan fingerprint density at radius 1 is 1.11 bits per heavy atom. The minimum atomic E-state index is -0.431. The highest BCUT2D eigenvalue weighted by molar-refractivity contribution is 6.01. The van der Waals surface area contributed by atoms with Crippen molar-refractivity contribution in [2.75, 3.05) is 7.11 Å². The van der Waals surface area contributed by atoms with E-state index in [4.69, 9.17) is 10.5 Å². The van der Waals surface area contributed by atoms with Crippen LogP contribution in [0.15, 0.2) is 42.5 Å². The number of aryl methyl sites for hydroxylation is 1. The van der Waals surface area contributed by atoms with E-state index >= 15 is 0 Å². The molecule has 0 fully saturated rings. The molecule has 0 aliphatic heterocycles. The molecule has 2 N–H and O–H groups in total. The number of benzene rings is 2. The molecule has 0 unspecified atom stereocenters. The van der Waals surface area contributed by atoms with Gasteiger partial charge in [0.25, 0.3) is 0 Å². The summed E-state index contributed by atoms with van der Waals surface area (Å²) >= 11 is 0. The lowest BCUT2D eigenvalue weighted by atomic mass is 9.94. The maximum absolute atomic E-state index is 11.5. The molecule has 3 heteroatoms. The topological polar surface area (TPSA) is 52.3 Å². The molecule has 18 heavy (non-hydrogen) atoms. The number of ether oxygens (including phenoxy) is 1. The highest BCUT2D eigenvalue weighted by Gasteiger charge is 2.15. The van der Waals surface area contributed by atoms with Crippen LogP contribution in [0, 0.1) is 6.92 Å². The summed E-state index contributed by atoms with van der Waals surface area (Å²) in [6, 6.07) is 13.1. The molecule has 0 aliphatic rings. The summed E-state index contributed by atoms with van der Waals surface area (Å²) in [7, 11) is 1.61. The molecule has 0 atom stereocenters.